The standard InChI is InChI=1S/C15H15N3O/c1-13-5-7-14(8-6-13)11-16-17-15(19)12-18-9-3-2-4-10-18/h2-11H,12H2,1H3/p+1/b16-11+. The summed E-state index contributed by atoms with van der Waals surface area (Å²) in [5.41, 5.74) is 4.66. The van der Waals surface area contributed by atoms with Crippen molar-refractivity contribution >= 4 is 12.1 Å². The molecular formula is C15H16N3O+. The van der Waals surface area contributed by atoms with Gasteiger partial charge < -0.3 is 0 Å². The van der Waals surface area contributed by atoms with E-state index in [-0.39, 0.29) is 12.5 Å². The molecule has 1 amide bonds. The lowest BCUT2D eigenvalue weighted by molar-refractivity contribution is -0.684. The lowest BCUT2D eigenvalue weighted by Gasteiger charge is -1.97. The molecule has 0 aliphatic carbocycles. The van der Waals surface area contributed by atoms with Gasteiger partial charge in [0.2, 0.25) is 6.54 Å². The number of aromatic nitrogens is 1. The SMILES string of the molecule is Cc1ccc(/C=N/NC(=O)C[n+]2ccccc2)cc1. The van der Waals surface area contributed by atoms with Crippen molar-refractivity contribution in [2.75, 3.05) is 0 Å². The van der Waals surface area contributed by atoms with E-state index in [1.54, 1.807) is 10.8 Å². The number of amides is 1. The van der Waals surface area contributed by atoms with Gasteiger partial charge in [0, 0.05) is 12.1 Å². The number of carbonyl (C=O) groups is 1. The Bertz CT molecular complexity index is 562. The molecule has 2 aromatic rings. The fraction of sp³-hybridized carbons (Fsp3) is 0.133. The molecule has 19 heavy (non-hydrogen) atoms. The summed E-state index contributed by atoms with van der Waals surface area (Å²) in [6.45, 7) is 2.28. The van der Waals surface area contributed by atoms with Gasteiger partial charge in [-0.25, -0.2) is 5.43 Å². The van der Waals surface area contributed by atoms with Crippen molar-refractivity contribution in [1.82, 2.24) is 5.43 Å². The van der Waals surface area contributed by atoms with Crippen LogP contribution in [0.2, 0.25) is 0 Å². The zero-order valence-corrected chi connectivity index (χ0v) is 10.8. The van der Waals surface area contributed by atoms with Crippen molar-refractivity contribution in [2.45, 2.75) is 13.5 Å². The number of hydrazone groups is 1. The summed E-state index contributed by atoms with van der Waals surface area (Å²) in [5.74, 6) is -0.153. The minimum Gasteiger partial charge on any atom is -0.266 e. The van der Waals surface area contributed by atoms with Crippen LogP contribution in [0.4, 0.5) is 0 Å². The van der Waals surface area contributed by atoms with Crippen LogP contribution in [0.15, 0.2) is 60.0 Å². The van der Waals surface area contributed by atoms with Gasteiger partial charge in [0.1, 0.15) is 0 Å². The van der Waals surface area contributed by atoms with E-state index in [9.17, 15) is 4.79 Å². The summed E-state index contributed by atoms with van der Waals surface area (Å²) in [4.78, 5) is 11.6. The Morgan fingerprint density at radius 2 is 1.89 bits per heavy atom. The van der Waals surface area contributed by atoms with E-state index >= 15 is 0 Å². The van der Waals surface area contributed by atoms with Crippen LogP contribution in [0.3, 0.4) is 0 Å². The Morgan fingerprint density at radius 3 is 2.58 bits per heavy atom. The number of aryl methyl sites for hydroxylation is 1. The van der Waals surface area contributed by atoms with Crippen LogP contribution in [0.25, 0.3) is 0 Å². The topological polar surface area (TPSA) is 45.3 Å². The third-order valence-corrected chi connectivity index (χ3v) is 2.58. The number of pyridine rings is 1. The van der Waals surface area contributed by atoms with Gasteiger partial charge in [-0.3, -0.25) is 4.79 Å². The molecule has 0 aliphatic heterocycles. The summed E-state index contributed by atoms with van der Waals surface area (Å²) in [6.07, 6.45) is 5.31. The van der Waals surface area contributed by atoms with E-state index in [2.05, 4.69) is 10.5 Å². The predicted octanol–water partition coefficient (Wildman–Crippen LogP) is 1.43. The van der Waals surface area contributed by atoms with Crippen molar-refractivity contribution in [1.29, 1.82) is 0 Å². The van der Waals surface area contributed by atoms with Gasteiger partial charge >= 0.3 is 5.91 Å². The number of carbonyl (C=O) groups excluding carboxylic acids is 1. The molecular weight excluding hydrogens is 238 g/mol. The van der Waals surface area contributed by atoms with Gasteiger partial charge in [-0.05, 0) is 12.5 Å². The van der Waals surface area contributed by atoms with E-state index in [4.69, 9.17) is 0 Å². The zero-order valence-electron chi connectivity index (χ0n) is 10.8. The predicted molar refractivity (Wildman–Crippen MR) is 73.6 cm³/mol. The van der Waals surface area contributed by atoms with Crippen LogP contribution in [-0.2, 0) is 11.3 Å². The molecule has 1 N–H and O–H groups in total. The quantitative estimate of drug-likeness (QED) is 0.501. The maximum absolute atomic E-state index is 11.6. The van der Waals surface area contributed by atoms with Gasteiger partial charge in [0.05, 0.1) is 6.21 Å². The second kappa shape index (κ2) is 6.44. The molecule has 4 heteroatoms. The number of hydrogen-bond acceptors (Lipinski definition) is 2. The Balaban J connectivity index is 1.85. The fourth-order valence-corrected chi connectivity index (χ4v) is 1.57. The molecule has 0 fully saturated rings. The normalized spacial score (nSPS) is 10.6. The summed E-state index contributed by atoms with van der Waals surface area (Å²) < 4.78 is 1.79. The van der Waals surface area contributed by atoms with Gasteiger partial charge in [-0.1, -0.05) is 35.9 Å². The first kappa shape index (κ1) is 13.0. The number of hydrogen-bond donors (Lipinski definition) is 1. The maximum atomic E-state index is 11.6. The van der Waals surface area contributed by atoms with Crippen LogP contribution in [0.1, 0.15) is 11.1 Å². The minimum absolute atomic E-state index is 0.153. The highest BCUT2D eigenvalue weighted by Crippen LogP contribution is 1.99. The van der Waals surface area contributed by atoms with Crippen molar-refractivity contribution in [3.05, 3.63) is 66.0 Å². The second-order valence-corrected chi connectivity index (χ2v) is 4.25. The number of benzene rings is 1. The van der Waals surface area contributed by atoms with Gasteiger partial charge in [-0.2, -0.15) is 9.67 Å². The molecule has 0 unspecified atom stereocenters. The highest BCUT2D eigenvalue weighted by molar-refractivity contribution is 5.81. The Morgan fingerprint density at radius 1 is 1.21 bits per heavy atom. The Labute approximate surface area is 112 Å². The summed E-state index contributed by atoms with van der Waals surface area (Å²) in [7, 11) is 0. The molecule has 96 valence electrons. The molecule has 0 saturated carbocycles. The molecule has 4 nitrogen and oxygen atoms in total. The molecule has 0 bridgehead atoms. The second-order valence-electron chi connectivity index (χ2n) is 4.25. The Kier molecular flexibility index (Phi) is 4.39. The smallest absolute Gasteiger partial charge is 0.266 e. The molecule has 2 rings (SSSR count). The molecule has 0 saturated heterocycles. The molecule has 0 spiro atoms. The van der Waals surface area contributed by atoms with Crippen molar-refractivity contribution < 1.29 is 9.36 Å². The lowest BCUT2D eigenvalue weighted by atomic mass is 10.2. The number of nitrogens with one attached hydrogen (secondary N) is 1. The van der Waals surface area contributed by atoms with Crippen molar-refractivity contribution in [2.24, 2.45) is 5.10 Å². The molecule has 0 aliphatic rings. The van der Waals surface area contributed by atoms with Crippen LogP contribution >= 0.6 is 0 Å². The van der Waals surface area contributed by atoms with E-state index < -0.39 is 0 Å². The van der Waals surface area contributed by atoms with E-state index in [0.29, 0.717) is 0 Å². The third-order valence-electron chi connectivity index (χ3n) is 2.58. The maximum Gasteiger partial charge on any atom is 0.305 e. The summed E-state index contributed by atoms with van der Waals surface area (Å²) in [5, 5.41) is 3.93. The van der Waals surface area contributed by atoms with Crippen molar-refractivity contribution in [3.63, 3.8) is 0 Å². The van der Waals surface area contributed by atoms with E-state index in [1.807, 2.05) is 61.8 Å². The Hall–Kier alpha value is -2.49. The molecule has 1 aromatic carbocycles. The van der Waals surface area contributed by atoms with Crippen LogP contribution in [-0.4, -0.2) is 12.1 Å². The average Bonchev–Trinajstić information content (AvgIpc) is 2.42. The fourth-order valence-electron chi connectivity index (χ4n) is 1.57. The first-order valence-electron chi connectivity index (χ1n) is 6.07. The van der Waals surface area contributed by atoms with Crippen LogP contribution in [0.5, 0.6) is 0 Å². The first-order chi connectivity index (χ1) is 9.24. The summed E-state index contributed by atoms with van der Waals surface area (Å²) in [6, 6.07) is 13.6. The third kappa shape index (κ3) is 4.35. The largest absolute Gasteiger partial charge is 0.305 e. The van der Waals surface area contributed by atoms with Gasteiger partial charge in [-0.15, -0.1) is 0 Å². The molecule has 0 radical (unpaired) electrons. The number of rotatable bonds is 4. The highest BCUT2D eigenvalue weighted by atomic mass is 16.2. The van der Waals surface area contributed by atoms with Crippen LogP contribution < -0.4 is 9.99 Å². The van der Waals surface area contributed by atoms with Gasteiger partial charge in [0.15, 0.2) is 12.4 Å². The monoisotopic (exact) mass is 254 g/mol. The highest BCUT2D eigenvalue weighted by Gasteiger charge is 2.06. The molecule has 1 heterocycles. The lowest BCUT2D eigenvalue weighted by Crippen LogP contribution is -2.40. The first-order valence-corrected chi connectivity index (χ1v) is 6.07. The molecule has 1 aromatic heterocycles. The van der Waals surface area contributed by atoms with Crippen LogP contribution in [0, 0.1) is 6.92 Å². The molecule has 0 atom stereocenters. The van der Waals surface area contributed by atoms with Gasteiger partial charge in [0.25, 0.3) is 0 Å². The van der Waals surface area contributed by atoms with Crippen molar-refractivity contribution in [3.8, 4) is 0 Å². The summed E-state index contributed by atoms with van der Waals surface area (Å²) >= 11 is 0. The average molecular weight is 254 g/mol. The minimum atomic E-state index is -0.153. The number of nitrogens with zero attached hydrogens (tertiary/aromatic N) is 2. The zero-order chi connectivity index (χ0) is 13.5. The van der Waals surface area contributed by atoms with E-state index in [1.165, 1.54) is 5.56 Å². The van der Waals surface area contributed by atoms with E-state index in [0.717, 1.165) is 5.56 Å².